The fourth-order valence-electron chi connectivity index (χ4n) is 4.77. The number of nitriles is 1. The number of nitrogens with one attached hydrogen (secondary N) is 4. The summed E-state index contributed by atoms with van der Waals surface area (Å²) in [5, 5.41) is 25.7. The maximum absolute atomic E-state index is 14.2. The third-order valence-corrected chi connectivity index (χ3v) is 7.39. The van der Waals surface area contributed by atoms with Crippen molar-refractivity contribution in [3.63, 3.8) is 0 Å². The Balaban J connectivity index is 1.70. The first-order chi connectivity index (χ1) is 20.4. The van der Waals surface area contributed by atoms with E-state index in [1.54, 1.807) is 74.0 Å². The van der Waals surface area contributed by atoms with Crippen molar-refractivity contribution in [2.24, 2.45) is 0 Å². The number of rotatable bonds is 10. The van der Waals surface area contributed by atoms with Crippen LogP contribution in [-0.2, 0) is 21.5 Å². The molecule has 0 fully saturated rings. The van der Waals surface area contributed by atoms with Crippen LogP contribution in [0.2, 0.25) is 10.0 Å². The molecule has 0 bridgehead atoms. The highest BCUT2D eigenvalue weighted by Crippen LogP contribution is 2.43. The maximum atomic E-state index is 14.2. The van der Waals surface area contributed by atoms with Crippen LogP contribution < -0.4 is 20.9 Å². The molecule has 4 N–H and O–H groups in total. The van der Waals surface area contributed by atoms with Crippen LogP contribution in [0.15, 0.2) is 60.6 Å². The van der Waals surface area contributed by atoms with Crippen LogP contribution in [0, 0.1) is 16.7 Å². The molecule has 0 saturated heterocycles. The fraction of sp³-hybridized carbons (Fsp3) is 0.267. The number of fused-ring (bicyclic) bond motifs is 1. The van der Waals surface area contributed by atoms with E-state index in [0.717, 1.165) is 5.56 Å². The lowest BCUT2D eigenvalue weighted by atomic mass is 9.91. The standard InChI is InChI=1S/C30H30Cl2N8O3/c1-17(34)5-10-25(35-4)38-26(41)18(2)37-27(42)24-16-36-29-39(23-12-21(31)11-22(32)13-23)28(43)30(3,40(24)29)14-19-6-8-20(15-33)9-7-19/h6-13,16,18,34-35H,5,14H2,1-4H3,(H,37,42)(H,38,41)/b25-10+,34-17?/t18-,30+/m0/s1. The number of amides is 3. The summed E-state index contributed by atoms with van der Waals surface area (Å²) in [4.78, 5) is 46.5. The minimum absolute atomic E-state index is 0.0681. The average Bonchev–Trinajstić information content (AvgIpc) is 3.48. The summed E-state index contributed by atoms with van der Waals surface area (Å²) in [6.07, 6.45) is 3.53. The summed E-state index contributed by atoms with van der Waals surface area (Å²) in [5.41, 5.74) is 0.779. The highest BCUT2D eigenvalue weighted by atomic mass is 35.5. The first-order valence-electron chi connectivity index (χ1n) is 13.3. The summed E-state index contributed by atoms with van der Waals surface area (Å²) in [6.45, 7) is 4.89. The third-order valence-electron chi connectivity index (χ3n) is 6.95. The second-order valence-electron chi connectivity index (χ2n) is 10.3. The van der Waals surface area contributed by atoms with E-state index in [1.165, 1.54) is 18.0 Å². The maximum Gasteiger partial charge on any atom is 0.270 e. The normalized spacial score (nSPS) is 16.7. The van der Waals surface area contributed by atoms with E-state index in [2.05, 4.69) is 27.0 Å². The monoisotopic (exact) mass is 620 g/mol. The number of carbonyl (C=O) groups excluding carboxylic acids is 3. The summed E-state index contributed by atoms with van der Waals surface area (Å²) < 4.78 is 1.55. The Morgan fingerprint density at radius 3 is 2.42 bits per heavy atom. The van der Waals surface area contributed by atoms with Gasteiger partial charge in [0.25, 0.3) is 11.8 Å². The second-order valence-corrected chi connectivity index (χ2v) is 11.2. The number of halogens is 2. The first kappa shape index (κ1) is 31.3. The van der Waals surface area contributed by atoms with Gasteiger partial charge in [-0.15, -0.1) is 0 Å². The van der Waals surface area contributed by atoms with Crippen LogP contribution in [0.4, 0.5) is 11.6 Å². The summed E-state index contributed by atoms with van der Waals surface area (Å²) in [6, 6.07) is 12.7. The smallest absolute Gasteiger partial charge is 0.270 e. The highest BCUT2D eigenvalue weighted by Gasteiger charge is 2.51. The van der Waals surface area contributed by atoms with Gasteiger partial charge >= 0.3 is 0 Å². The van der Waals surface area contributed by atoms with Gasteiger partial charge in [-0.1, -0.05) is 35.3 Å². The van der Waals surface area contributed by atoms with Crippen molar-refractivity contribution in [1.82, 2.24) is 25.5 Å². The molecule has 43 heavy (non-hydrogen) atoms. The van der Waals surface area contributed by atoms with Gasteiger partial charge in [-0.05, 0) is 62.7 Å². The van der Waals surface area contributed by atoms with Gasteiger partial charge in [0, 0.05) is 35.6 Å². The molecular weight excluding hydrogens is 591 g/mol. The molecule has 0 unspecified atom stereocenters. The fourth-order valence-corrected chi connectivity index (χ4v) is 5.29. The molecular formula is C30H30Cl2N8O3. The predicted molar refractivity (Wildman–Crippen MR) is 165 cm³/mol. The van der Waals surface area contributed by atoms with Crippen LogP contribution >= 0.6 is 23.2 Å². The number of anilines is 2. The molecule has 0 saturated carbocycles. The lowest BCUT2D eigenvalue weighted by Crippen LogP contribution is -2.47. The van der Waals surface area contributed by atoms with Gasteiger partial charge in [-0.25, -0.2) is 9.88 Å². The Hall–Kier alpha value is -4.66. The van der Waals surface area contributed by atoms with Gasteiger partial charge in [-0.2, -0.15) is 5.26 Å². The first-order valence-corrected chi connectivity index (χ1v) is 14.0. The third kappa shape index (κ3) is 6.56. The molecule has 11 nitrogen and oxygen atoms in total. The molecule has 13 heteroatoms. The van der Waals surface area contributed by atoms with Gasteiger partial charge in [0.15, 0.2) is 0 Å². The van der Waals surface area contributed by atoms with Gasteiger partial charge in [-0.3, -0.25) is 19.0 Å². The number of carbonyl (C=O) groups is 3. The van der Waals surface area contributed by atoms with Crippen LogP contribution in [0.25, 0.3) is 0 Å². The zero-order valence-corrected chi connectivity index (χ0v) is 25.5. The molecule has 2 atom stereocenters. The summed E-state index contributed by atoms with van der Waals surface area (Å²) >= 11 is 12.5. The van der Waals surface area contributed by atoms with Crippen molar-refractivity contribution in [2.75, 3.05) is 11.9 Å². The summed E-state index contributed by atoms with van der Waals surface area (Å²) in [7, 11) is 1.63. The summed E-state index contributed by atoms with van der Waals surface area (Å²) in [5.74, 6) is -0.882. The minimum atomic E-state index is -1.32. The van der Waals surface area contributed by atoms with Crippen molar-refractivity contribution >= 4 is 58.3 Å². The second kappa shape index (κ2) is 12.7. The molecule has 222 valence electrons. The molecule has 0 spiro atoms. The van der Waals surface area contributed by atoms with Crippen LogP contribution in [0.3, 0.4) is 0 Å². The Bertz CT molecular complexity index is 1650. The molecule has 3 amide bonds. The highest BCUT2D eigenvalue weighted by molar-refractivity contribution is 6.35. The Kier molecular flexibility index (Phi) is 9.23. The van der Waals surface area contributed by atoms with E-state index in [-0.39, 0.29) is 24.0 Å². The number of nitrogens with zero attached hydrogens (tertiary/aromatic N) is 4. The van der Waals surface area contributed by atoms with Gasteiger partial charge < -0.3 is 21.4 Å². The zero-order valence-electron chi connectivity index (χ0n) is 24.0. The Morgan fingerprint density at radius 1 is 1.19 bits per heavy atom. The molecule has 1 aliphatic rings. The number of hydrogen-bond donors (Lipinski definition) is 4. The lowest BCUT2D eigenvalue weighted by Gasteiger charge is -2.27. The van der Waals surface area contributed by atoms with E-state index in [1.807, 2.05) is 0 Å². The van der Waals surface area contributed by atoms with E-state index < -0.39 is 23.4 Å². The van der Waals surface area contributed by atoms with E-state index >= 15 is 0 Å². The van der Waals surface area contributed by atoms with Gasteiger partial charge in [0.05, 0.1) is 23.5 Å². The molecule has 2 aromatic carbocycles. The minimum Gasteiger partial charge on any atom is -0.375 e. The molecule has 2 heterocycles. The van der Waals surface area contributed by atoms with Crippen molar-refractivity contribution in [2.45, 2.75) is 45.2 Å². The van der Waals surface area contributed by atoms with Crippen LogP contribution in [-0.4, -0.2) is 46.1 Å². The van der Waals surface area contributed by atoms with Crippen molar-refractivity contribution < 1.29 is 14.4 Å². The Labute approximate surface area is 259 Å². The van der Waals surface area contributed by atoms with Crippen molar-refractivity contribution in [1.29, 1.82) is 10.7 Å². The lowest BCUT2D eigenvalue weighted by molar-refractivity contribution is -0.124. The predicted octanol–water partition coefficient (Wildman–Crippen LogP) is 4.42. The molecule has 1 aromatic heterocycles. The topological polar surface area (TPSA) is 156 Å². The van der Waals surface area contributed by atoms with E-state index in [9.17, 15) is 19.6 Å². The molecule has 4 rings (SSSR count). The van der Waals surface area contributed by atoms with E-state index in [4.69, 9.17) is 28.6 Å². The number of aromatic nitrogens is 2. The zero-order chi connectivity index (χ0) is 31.5. The molecule has 0 aliphatic carbocycles. The van der Waals surface area contributed by atoms with Gasteiger partial charge in [0.1, 0.15) is 23.1 Å². The Morgan fingerprint density at radius 2 is 1.84 bits per heavy atom. The van der Waals surface area contributed by atoms with E-state index in [0.29, 0.717) is 39.2 Å². The largest absolute Gasteiger partial charge is 0.375 e. The van der Waals surface area contributed by atoms with Crippen molar-refractivity contribution in [3.8, 4) is 6.07 Å². The number of benzene rings is 2. The van der Waals surface area contributed by atoms with Crippen molar-refractivity contribution in [3.05, 3.63) is 87.4 Å². The quantitative estimate of drug-likeness (QED) is 0.246. The average molecular weight is 622 g/mol. The SMILES string of the molecule is CN/C(=C\CC(C)=N)NC(=O)[C@H](C)NC(=O)c1cnc2n1[C@](C)(Cc1ccc(C#N)cc1)C(=O)N2c1cc(Cl)cc(Cl)c1. The number of allylic oxidation sites excluding steroid dienone is 1. The number of imidazole rings is 1. The van der Waals surface area contributed by atoms with Crippen LogP contribution in [0.5, 0.6) is 0 Å². The van der Waals surface area contributed by atoms with Gasteiger partial charge in [0.2, 0.25) is 11.9 Å². The van der Waals surface area contributed by atoms with Crippen LogP contribution in [0.1, 0.15) is 48.8 Å². The molecule has 3 aromatic rings. The molecule has 0 radical (unpaired) electrons. The molecule has 1 aliphatic heterocycles. The number of hydrogen-bond acceptors (Lipinski definition) is 7.